The molecule has 1 fully saturated rings. The summed E-state index contributed by atoms with van der Waals surface area (Å²) in [6, 6.07) is 17.7. The first-order valence-electron chi connectivity index (χ1n) is 11.2. The van der Waals surface area contributed by atoms with Crippen LogP contribution in [0.25, 0.3) is 11.4 Å². The Morgan fingerprint density at radius 2 is 1.72 bits per heavy atom. The Labute approximate surface area is 189 Å². The van der Waals surface area contributed by atoms with Gasteiger partial charge in [0.1, 0.15) is 11.6 Å². The highest BCUT2D eigenvalue weighted by Crippen LogP contribution is 2.27. The number of carbonyl (C=O) groups is 1. The van der Waals surface area contributed by atoms with Crippen molar-refractivity contribution >= 4 is 11.7 Å². The van der Waals surface area contributed by atoms with Gasteiger partial charge >= 0.3 is 0 Å². The van der Waals surface area contributed by atoms with Gasteiger partial charge in [-0.05, 0) is 38.5 Å². The lowest BCUT2D eigenvalue weighted by Gasteiger charge is -2.36. The number of amides is 1. The van der Waals surface area contributed by atoms with Crippen LogP contribution in [-0.4, -0.2) is 53.6 Å². The van der Waals surface area contributed by atoms with E-state index in [-0.39, 0.29) is 12.5 Å². The molecule has 2 heterocycles. The first-order chi connectivity index (χ1) is 15.5. The summed E-state index contributed by atoms with van der Waals surface area (Å²) in [5, 5.41) is 0. The topological polar surface area (TPSA) is 58.6 Å². The van der Waals surface area contributed by atoms with E-state index in [0.717, 1.165) is 42.4 Å². The minimum Gasteiger partial charge on any atom is -0.484 e. The zero-order chi connectivity index (χ0) is 22.5. The van der Waals surface area contributed by atoms with E-state index in [4.69, 9.17) is 14.7 Å². The molecular weight excluding hydrogens is 400 g/mol. The minimum absolute atomic E-state index is 0.0172. The summed E-state index contributed by atoms with van der Waals surface area (Å²) in [5.74, 6) is 2.48. The standard InChI is InChI=1S/C26H30N4O2/c1-4-23-20(3)27-25(21-10-8-9-19(2)17-21)28-26(23)30-15-13-29(14-16-30)24(31)18-32-22-11-6-5-7-12-22/h5-12,17H,4,13-16,18H2,1-3H3. The third-order valence-electron chi connectivity index (χ3n) is 5.86. The number of aromatic nitrogens is 2. The van der Waals surface area contributed by atoms with Gasteiger partial charge in [0.2, 0.25) is 0 Å². The Morgan fingerprint density at radius 1 is 0.969 bits per heavy atom. The Kier molecular flexibility index (Phi) is 6.69. The molecule has 1 aromatic heterocycles. The van der Waals surface area contributed by atoms with E-state index < -0.39 is 0 Å². The number of aryl methyl sites for hydroxylation is 2. The van der Waals surface area contributed by atoms with Crippen LogP contribution in [-0.2, 0) is 11.2 Å². The molecule has 0 unspecified atom stereocenters. The molecule has 0 aliphatic carbocycles. The highest BCUT2D eigenvalue weighted by molar-refractivity contribution is 5.78. The van der Waals surface area contributed by atoms with Gasteiger partial charge in [0, 0.05) is 43.0 Å². The number of ether oxygens (including phenoxy) is 1. The lowest BCUT2D eigenvalue weighted by atomic mass is 10.1. The van der Waals surface area contributed by atoms with Crippen molar-refractivity contribution in [3.05, 3.63) is 71.4 Å². The molecule has 0 spiro atoms. The maximum Gasteiger partial charge on any atom is 0.260 e. The van der Waals surface area contributed by atoms with Crippen LogP contribution >= 0.6 is 0 Å². The molecular formula is C26H30N4O2. The van der Waals surface area contributed by atoms with E-state index in [0.29, 0.717) is 18.8 Å². The number of para-hydroxylation sites is 1. The predicted molar refractivity (Wildman–Crippen MR) is 127 cm³/mol. The number of piperazine rings is 1. The predicted octanol–water partition coefficient (Wildman–Crippen LogP) is 4.05. The molecule has 1 amide bonds. The highest BCUT2D eigenvalue weighted by Gasteiger charge is 2.25. The molecule has 166 valence electrons. The highest BCUT2D eigenvalue weighted by atomic mass is 16.5. The number of benzene rings is 2. The molecule has 1 aliphatic heterocycles. The fraction of sp³-hybridized carbons (Fsp3) is 0.346. The molecule has 1 aliphatic rings. The van der Waals surface area contributed by atoms with Gasteiger partial charge < -0.3 is 14.5 Å². The molecule has 32 heavy (non-hydrogen) atoms. The summed E-state index contributed by atoms with van der Waals surface area (Å²) < 4.78 is 5.63. The second-order valence-corrected chi connectivity index (χ2v) is 8.13. The molecule has 4 rings (SSSR count). The average Bonchev–Trinajstić information content (AvgIpc) is 2.83. The van der Waals surface area contributed by atoms with Crippen LogP contribution in [0.5, 0.6) is 5.75 Å². The van der Waals surface area contributed by atoms with Crippen LogP contribution in [0.2, 0.25) is 0 Å². The Morgan fingerprint density at radius 3 is 2.41 bits per heavy atom. The molecule has 0 bridgehead atoms. The molecule has 6 heteroatoms. The summed E-state index contributed by atoms with van der Waals surface area (Å²) in [7, 11) is 0. The number of nitrogens with zero attached hydrogens (tertiary/aromatic N) is 4. The molecule has 0 radical (unpaired) electrons. The Balaban J connectivity index is 1.46. The van der Waals surface area contributed by atoms with Gasteiger partial charge in [-0.25, -0.2) is 9.97 Å². The van der Waals surface area contributed by atoms with Crippen molar-refractivity contribution in [3.8, 4) is 17.1 Å². The zero-order valence-electron chi connectivity index (χ0n) is 19.0. The lowest BCUT2D eigenvalue weighted by Crippen LogP contribution is -2.50. The summed E-state index contributed by atoms with van der Waals surface area (Å²) in [4.78, 5) is 26.5. The van der Waals surface area contributed by atoms with Gasteiger partial charge in [-0.1, -0.05) is 48.9 Å². The van der Waals surface area contributed by atoms with Crippen molar-refractivity contribution in [2.45, 2.75) is 27.2 Å². The van der Waals surface area contributed by atoms with Crippen molar-refractivity contribution in [3.63, 3.8) is 0 Å². The number of carbonyl (C=O) groups excluding carboxylic acids is 1. The number of anilines is 1. The monoisotopic (exact) mass is 430 g/mol. The second kappa shape index (κ2) is 9.81. The van der Waals surface area contributed by atoms with Crippen molar-refractivity contribution in [1.82, 2.24) is 14.9 Å². The van der Waals surface area contributed by atoms with Crippen molar-refractivity contribution in [2.75, 3.05) is 37.7 Å². The van der Waals surface area contributed by atoms with E-state index in [1.807, 2.05) is 41.3 Å². The van der Waals surface area contributed by atoms with Gasteiger partial charge in [-0.2, -0.15) is 0 Å². The quantitative estimate of drug-likeness (QED) is 0.591. The van der Waals surface area contributed by atoms with Crippen LogP contribution < -0.4 is 9.64 Å². The normalized spacial score (nSPS) is 13.8. The third-order valence-corrected chi connectivity index (χ3v) is 5.86. The molecule has 2 aromatic carbocycles. The average molecular weight is 431 g/mol. The maximum absolute atomic E-state index is 12.6. The van der Waals surface area contributed by atoms with E-state index in [1.54, 1.807) is 0 Å². The Hall–Kier alpha value is -3.41. The maximum atomic E-state index is 12.6. The van der Waals surface area contributed by atoms with Crippen LogP contribution in [0.15, 0.2) is 54.6 Å². The van der Waals surface area contributed by atoms with Gasteiger partial charge in [0.15, 0.2) is 12.4 Å². The summed E-state index contributed by atoms with van der Waals surface area (Å²) in [6.07, 6.45) is 0.874. The summed E-state index contributed by atoms with van der Waals surface area (Å²) >= 11 is 0. The molecule has 0 atom stereocenters. The fourth-order valence-corrected chi connectivity index (χ4v) is 4.09. The molecule has 6 nitrogen and oxygen atoms in total. The second-order valence-electron chi connectivity index (χ2n) is 8.13. The van der Waals surface area contributed by atoms with Crippen LogP contribution in [0.1, 0.15) is 23.7 Å². The molecule has 0 N–H and O–H groups in total. The smallest absolute Gasteiger partial charge is 0.260 e. The van der Waals surface area contributed by atoms with Crippen LogP contribution in [0.4, 0.5) is 5.82 Å². The lowest BCUT2D eigenvalue weighted by molar-refractivity contribution is -0.133. The van der Waals surface area contributed by atoms with Gasteiger partial charge in [0.05, 0.1) is 0 Å². The Bertz CT molecular complexity index is 1080. The SMILES string of the molecule is CCc1c(C)nc(-c2cccc(C)c2)nc1N1CCN(C(=O)COc2ccccc2)CC1. The van der Waals surface area contributed by atoms with Crippen LogP contribution in [0, 0.1) is 13.8 Å². The first-order valence-corrected chi connectivity index (χ1v) is 11.2. The van der Waals surface area contributed by atoms with Crippen molar-refractivity contribution in [1.29, 1.82) is 0 Å². The van der Waals surface area contributed by atoms with E-state index in [1.165, 1.54) is 11.1 Å². The van der Waals surface area contributed by atoms with E-state index in [9.17, 15) is 4.79 Å². The largest absolute Gasteiger partial charge is 0.484 e. The number of rotatable bonds is 6. The van der Waals surface area contributed by atoms with Gasteiger partial charge in [-0.3, -0.25) is 4.79 Å². The zero-order valence-corrected chi connectivity index (χ0v) is 19.0. The van der Waals surface area contributed by atoms with Crippen molar-refractivity contribution < 1.29 is 9.53 Å². The van der Waals surface area contributed by atoms with Crippen LogP contribution in [0.3, 0.4) is 0 Å². The molecule has 3 aromatic rings. The van der Waals surface area contributed by atoms with Gasteiger partial charge in [-0.15, -0.1) is 0 Å². The van der Waals surface area contributed by atoms with E-state index >= 15 is 0 Å². The number of hydrogen-bond donors (Lipinski definition) is 0. The number of hydrogen-bond acceptors (Lipinski definition) is 5. The molecule has 0 saturated carbocycles. The summed E-state index contributed by atoms with van der Waals surface area (Å²) in [5.41, 5.74) is 4.41. The minimum atomic E-state index is 0.0172. The summed E-state index contributed by atoms with van der Waals surface area (Å²) in [6.45, 7) is 9.14. The van der Waals surface area contributed by atoms with Gasteiger partial charge in [0.25, 0.3) is 5.91 Å². The van der Waals surface area contributed by atoms with Crippen molar-refractivity contribution in [2.24, 2.45) is 0 Å². The third kappa shape index (κ3) is 4.90. The molecule has 1 saturated heterocycles. The van der Waals surface area contributed by atoms with E-state index in [2.05, 4.69) is 43.9 Å². The first kappa shape index (κ1) is 21.8. The fourth-order valence-electron chi connectivity index (χ4n) is 4.09.